The highest BCUT2D eigenvalue weighted by atomic mass is 32.2. The number of sulfone groups is 1. The van der Waals surface area contributed by atoms with Crippen LogP contribution in [0.4, 0.5) is 0 Å². The number of aromatic nitrogens is 2. The van der Waals surface area contributed by atoms with Crippen molar-refractivity contribution in [3.05, 3.63) is 32.3 Å². The average molecular weight is 288 g/mol. The molecular formula is C10H12N2O4S2. The summed E-state index contributed by atoms with van der Waals surface area (Å²) in [6.45, 7) is 0.277. The van der Waals surface area contributed by atoms with Gasteiger partial charge in [0.1, 0.15) is 14.7 Å². The van der Waals surface area contributed by atoms with Gasteiger partial charge in [-0.15, -0.1) is 11.3 Å². The van der Waals surface area contributed by atoms with Crippen LogP contribution >= 0.6 is 11.3 Å². The van der Waals surface area contributed by atoms with E-state index in [-0.39, 0.29) is 12.3 Å². The smallest absolute Gasteiger partial charge is 0.284 e. The molecule has 6 nitrogen and oxygen atoms in total. The molecule has 0 aliphatic rings. The Morgan fingerprint density at radius 2 is 2.11 bits per heavy atom. The van der Waals surface area contributed by atoms with E-state index in [1.54, 1.807) is 11.4 Å². The summed E-state index contributed by atoms with van der Waals surface area (Å²) in [6.07, 6.45) is 1.50. The zero-order chi connectivity index (χ0) is 13.3. The highest BCUT2D eigenvalue weighted by molar-refractivity contribution is 7.90. The summed E-state index contributed by atoms with van der Waals surface area (Å²) >= 11 is 1.29. The number of hydrogen-bond donors (Lipinski definition) is 1. The third kappa shape index (κ3) is 2.70. The zero-order valence-electron chi connectivity index (χ0n) is 9.67. The van der Waals surface area contributed by atoms with Crippen molar-refractivity contribution >= 4 is 31.4 Å². The first kappa shape index (κ1) is 13.0. The zero-order valence-corrected chi connectivity index (χ0v) is 11.3. The van der Waals surface area contributed by atoms with Gasteiger partial charge < -0.3 is 0 Å². The van der Waals surface area contributed by atoms with Crippen LogP contribution in [0.5, 0.6) is 0 Å². The highest BCUT2D eigenvalue weighted by Crippen LogP contribution is 2.15. The van der Waals surface area contributed by atoms with E-state index in [0.29, 0.717) is 16.6 Å². The molecule has 0 radical (unpaired) electrons. The topological polar surface area (TPSA) is 89.0 Å². The third-order valence-corrected chi connectivity index (χ3v) is 4.46. The van der Waals surface area contributed by atoms with Gasteiger partial charge >= 0.3 is 5.69 Å². The molecule has 2 rings (SSSR count). The first-order valence-electron chi connectivity index (χ1n) is 5.26. The minimum Gasteiger partial charge on any atom is -0.284 e. The van der Waals surface area contributed by atoms with E-state index >= 15 is 0 Å². The van der Waals surface area contributed by atoms with Crippen molar-refractivity contribution in [1.82, 2.24) is 9.55 Å². The van der Waals surface area contributed by atoms with E-state index in [4.69, 9.17) is 0 Å². The molecule has 0 saturated heterocycles. The van der Waals surface area contributed by atoms with E-state index in [1.807, 2.05) is 0 Å². The first-order chi connectivity index (χ1) is 8.38. The van der Waals surface area contributed by atoms with Gasteiger partial charge in [0.05, 0.1) is 11.1 Å². The average Bonchev–Trinajstić information content (AvgIpc) is 2.70. The SMILES string of the molecule is CS(=O)(=O)CCCn1c(=O)[nH]c(=O)c2ccsc21. The maximum absolute atomic E-state index is 11.7. The van der Waals surface area contributed by atoms with Gasteiger partial charge in [-0.25, -0.2) is 13.2 Å². The number of fused-ring (bicyclic) bond motifs is 1. The Hall–Kier alpha value is -1.41. The fraction of sp³-hybridized carbons (Fsp3) is 0.400. The number of thiophene rings is 1. The highest BCUT2D eigenvalue weighted by Gasteiger charge is 2.09. The molecule has 18 heavy (non-hydrogen) atoms. The second kappa shape index (κ2) is 4.69. The lowest BCUT2D eigenvalue weighted by molar-refractivity contribution is 0.590. The number of aromatic amines is 1. The van der Waals surface area contributed by atoms with Crippen molar-refractivity contribution < 1.29 is 8.42 Å². The molecule has 0 aliphatic carbocycles. The van der Waals surface area contributed by atoms with E-state index in [9.17, 15) is 18.0 Å². The Morgan fingerprint density at radius 1 is 1.39 bits per heavy atom. The molecular weight excluding hydrogens is 276 g/mol. The molecule has 8 heteroatoms. The number of nitrogens with one attached hydrogen (secondary N) is 1. The molecule has 0 amide bonds. The molecule has 2 aromatic rings. The van der Waals surface area contributed by atoms with Crippen LogP contribution in [0.3, 0.4) is 0 Å². The third-order valence-electron chi connectivity index (χ3n) is 2.50. The number of H-pyrrole nitrogens is 1. The van der Waals surface area contributed by atoms with Crippen LogP contribution in [-0.4, -0.2) is 30.0 Å². The predicted molar refractivity (Wildman–Crippen MR) is 71.0 cm³/mol. The second-order valence-electron chi connectivity index (χ2n) is 4.03. The molecule has 2 heterocycles. The van der Waals surface area contributed by atoms with Gasteiger partial charge in [-0.3, -0.25) is 14.3 Å². The molecule has 0 spiro atoms. The molecule has 0 aromatic carbocycles. The fourth-order valence-corrected chi connectivity index (χ4v) is 3.27. The van der Waals surface area contributed by atoms with Gasteiger partial charge in [-0.05, 0) is 17.9 Å². The lowest BCUT2D eigenvalue weighted by Crippen LogP contribution is -2.30. The monoisotopic (exact) mass is 288 g/mol. The van der Waals surface area contributed by atoms with Crippen molar-refractivity contribution in [2.75, 3.05) is 12.0 Å². The molecule has 0 bridgehead atoms. The Morgan fingerprint density at radius 3 is 2.78 bits per heavy atom. The molecule has 98 valence electrons. The molecule has 0 atom stereocenters. The Bertz CT molecular complexity index is 782. The van der Waals surface area contributed by atoms with Gasteiger partial charge in [0.2, 0.25) is 0 Å². The van der Waals surface area contributed by atoms with E-state index in [2.05, 4.69) is 4.98 Å². The van der Waals surface area contributed by atoms with Gasteiger partial charge in [0.15, 0.2) is 0 Å². The van der Waals surface area contributed by atoms with Gasteiger partial charge in [-0.2, -0.15) is 0 Å². The second-order valence-corrected chi connectivity index (χ2v) is 7.19. The Kier molecular flexibility index (Phi) is 3.40. The molecule has 0 saturated carbocycles. The van der Waals surface area contributed by atoms with Crippen LogP contribution in [0.2, 0.25) is 0 Å². The van der Waals surface area contributed by atoms with Crippen molar-refractivity contribution in [2.24, 2.45) is 0 Å². The molecule has 2 aromatic heterocycles. The number of hydrogen-bond acceptors (Lipinski definition) is 5. The van der Waals surface area contributed by atoms with Crippen molar-refractivity contribution in [3.63, 3.8) is 0 Å². The maximum atomic E-state index is 11.7. The normalized spacial score (nSPS) is 12.1. The Balaban J connectivity index is 2.36. The minimum absolute atomic E-state index is 0.0193. The molecule has 0 aliphatic heterocycles. The predicted octanol–water partition coefficient (Wildman–Crippen LogP) is 0.186. The molecule has 1 N–H and O–H groups in total. The van der Waals surface area contributed by atoms with E-state index < -0.39 is 21.1 Å². The van der Waals surface area contributed by atoms with Crippen molar-refractivity contribution in [3.8, 4) is 0 Å². The maximum Gasteiger partial charge on any atom is 0.329 e. The first-order valence-corrected chi connectivity index (χ1v) is 8.20. The van der Waals surface area contributed by atoms with Gasteiger partial charge in [0, 0.05) is 12.8 Å². The summed E-state index contributed by atoms with van der Waals surface area (Å²) in [4.78, 5) is 26.0. The van der Waals surface area contributed by atoms with Crippen molar-refractivity contribution in [1.29, 1.82) is 0 Å². The molecule has 0 unspecified atom stereocenters. The largest absolute Gasteiger partial charge is 0.329 e. The van der Waals surface area contributed by atoms with Crippen LogP contribution < -0.4 is 11.2 Å². The van der Waals surface area contributed by atoms with Crippen LogP contribution in [0.1, 0.15) is 6.42 Å². The summed E-state index contributed by atoms with van der Waals surface area (Å²) in [6, 6.07) is 1.64. The minimum atomic E-state index is -3.04. The summed E-state index contributed by atoms with van der Waals surface area (Å²) < 4.78 is 23.5. The quantitative estimate of drug-likeness (QED) is 0.869. The van der Waals surface area contributed by atoms with Crippen LogP contribution in [0.25, 0.3) is 10.2 Å². The summed E-state index contributed by atoms with van der Waals surface area (Å²) in [5.74, 6) is 0.0193. The fourth-order valence-electron chi connectivity index (χ4n) is 1.70. The summed E-state index contributed by atoms with van der Waals surface area (Å²) in [7, 11) is -3.04. The van der Waals surface area contributed by atoms with Crippen LogP contribution in [-0.2, 0) is 16.4 Å². The standard InChI is InChI=1S/C10H12N2O4S2/c1-18(15,16)6-2-4-12-9-7(3-5-17-9)8(13)11-10(12)14/h3,5H,2,4,6H2,1H3,(H,11,13,14). The van der Waals surface area contributed by atoms with Gasteiger partial charge in [0.25, 0.3) is 5.56 Å². The molecule has 0 fully saturated rings. The summed E-state index contributed by atoms with van der Waals surface area (Å²) in [5, 5.41) is 2.19. The Labute approximate surface area is 107 Å². The van der Waals surface area contributed by atoms with Crippen LogP contribution in [0, 0.1) is 0 Å². The van der Waals surface area contributed by atoms with Crippen LogP contribution in [0.15, 0.2) is 21.0 Å². The van der Waals surface area contributed by atoms with E-state index in [1.165, 1.54) is 15.9 Å². The van der Waals surface area contributed by atoms with Crippen molar-refractivity contribution in [2.45, 2.75) is 13.0 Å². The lowest BCUT2D eigenvalue weighted by atomic mass is 10.4. The number of rotatable bonds is 4. The summed E-state index contributed by atoms with van der Waals surface area (Å²) in [5.41, 5.74) is -0.904. The van der Waals surface area contributed by atoms with Gasteiger partial charge in [-0.1, -0.05) is 0 Å². The number of nitrogens with zero attached hydrogens (tertiary/aromatic N) is 1. The van der Waals surface area contributed by atoms with E-state index in [0.717, 1.165) is 6.26 Å². The number of aryl methyl sites for hydroxylation is 1. The lowest BCUT2D eigenvalue weighted by Gasteiger charge is -2.05.